The van der Waals surface area contributed by atoms with E-state index in [1.807, 2.05) is 0 Å². The molecule has 0 rings (SSSR count). The molecule has 0 spiro atoms. The Labute approximate surface area is 83.2 Å². The number of nitrogens with one attached hydrogen (secondary N) is 1. The fraction of sp³-hybridized carbons (Fsp3) is 0.857. The van der Waals surface area contributed by atoms with Crippen LogP contribution in [0.5, 0.6) is 0 Å². The van der Waals surface area contributed by atoms with Crippen LogP contribution in [0.15, 0.2) is 0 Å². The first-order valence-electron chi connectivity index (χ1n) is 4.15. The van der Waals surface area contributed by atoms with Crippen molar-refractivity contribution in [2.45, 2.75) is 32.9 Å². The zero-order valence-corrected chi connectivity index (χ0v) is 9.58. The molecule has 0 amide bonds. The SMILES string of the molecule is COP(=O)(O)NC(C)C(=O)OC(C)C. The number of hydrogen-bond donors (Lipinski definition) is 2. The van der Waals surface area contributed by atoms with Gasteiger partial charge in [0.25, 0.3) is 0 Å². The highest BCUT2D eigenvalue weighted by atomic mass is 31.2. The lowest BCUT2D eigenvalue weighted by Crippen LogP contribution is -2.34. The van der Waals surface area contributed by atoms with Gasteiger partial charge in [-0.25, -0.2) is 9.65 Å². The van der Waals surface area contributed by atoms with Gasteiger partial charge in [0.1, 0.15) is 6.04 Å². The van der Waals surface area contributed by atoms with E-state index in [1.54, 1.807) is 13.8 Å². The Kier molecular flexibility index (Phi) is 5.29. The van der Waals surface area contributed by atoms with Gasteiger partial charge in [-0.05, 0) is 20.8 Å². The van der Waals surface area contributed by atoms with E-state index in [0.29, 0.717) is 0 Å². The van der Waals surface area contributed by atoms with Crippen LogP contribution >= 0.6 is 7.75 Å². The zero-order chi connectivity index (χ0) is 11.4. The molecule has 0 aromatic carbocycles. The Balaban J connectivity index is 4.15. The number of hydrogen-bond acceptors (Lipinski definition) is 4. The molecule has 0 fully saturated rings. The third-order valence-electron chi connectivity index (χ3n) is 1.31. The summed E-state index contributed by atoms with van der Waals surface area (Å²) in [5.74, 6) is -0.591. The molecule has 0 aliphatic carbocycles. The molecule has 84 valence electrons. The predicted molar refractivity (Wildman–Crippen MR) is 50.7 cm³/mol. The van der Waals surface area contributed by atoms with E-state index in [0.717, 1.165) is 7.11 Å². The van der Waals surface area contributed by atoms with Gasteiger partial charge in [0, 0.05) is 7.11 Å². The summed E-state index contributed by atoms with van der Waals surface area (Å²) in [7, 11) is -2.80. The molecule has 0 aromatic rings. The average molecular weight is 225 g/mol. The highest BCUT2D eigenvalue weighted by molar-refractivity contribution is 7.50. The first-order valence-corrected chi connectivity index (χ1v) is 5.73. The largest absolute Gasteiger partial charge is 0.462 e. The third-order valence-corrected chi connectivity index (χ3v) is 2.52. The summed E-state index contributed by atoms with van der Waals surface area (Å²) < 4.78 is 20.1. The van der Waals surface area contributed by atoms with E-state index < -0.39 is 19.8 Å². The third kappa shape index (κ3) is 5.34. The number of esters is 1. The molecule has 6 nitrogen and oxygen atoms in total. The first-order chi connectivity index (χ1) is 6.28. The highest BCUT2D eigenvalue weighted by Crippen LogP contribution is 2.35. The summed E-state index contributed by atoms with van der Waals surface area (Å²) in [6, 6.07) is -0.881. The van der Waals surface area contributed by atoms with Gasteiger partial charge in [0.2, 0.25) is 0 Å². The minimum Gasteiger partial charge on any atom is -0.462 e. The number of carbonyl (C=O) groups excluding carboxylic acids is 1. The first kappa shape index (κ1) is 13.6. The van der Waals surface area contributed by atoms with Crippen LogP contribution in [0.2, 0.25) is 0 Å². The molecule has 2 unspecified atom stereocenters. The second kappa shape index (κ2) is 5.46. The molecule has 0 aromatic heterocycles. The van der Waals surface area contributed by atoms with E-state index in [9.17, 15) is 9.36 Å². The number of rotatable bonds is 5. The molecule has 0 bridgehead atoms. The second-order valence-electron chi connectivity index (χ2n) is 3.04. The maximum absolute atomic E-state index is 11.2. The molecule has 0 aliphatic rings. The maximum atomic E-state index is 11.2. The van der Waals surface area contributed by atoms with Gasteiger partial charge < -0.3 is 14.2 Å². The normalized spacial score (nSPS) is 17.6. The smallest absolute Gasteiger partial charge is 0.403 e. The Morgan fingerprint density at radius 1 is 1.43 bits per heavy atom. The van der Waals surface area contributed by atoms with Crippen LogP contribution < -0.4 is 5.09 Å². The van der Waals surface area contributed by atoms with E-state index in [1.165, 1.54) is 6.92 Å². The van der Waals surface area contributed by atoms with E-state index >= 15 is 0 Å². The van der Waals surface area contributed by atoms with Crippen molar-refractivity contribution >= 4 is 13.7 Å². The summed E-state index contributed by atoms with van der Waals surface area (Å²) in [5, 5.41) is 2.13. The summed E-state index contributed by atoms with van der Waals surface area (Å²) >= 11 is 0. The van der Waals surface area contributed by atoms with Gasteiger partial charge in [-0.1, -0.05) is 0 Å². The van der Waals surface area contributed by atoms with Gasteiger partial charge in [0.15, 0.2) is 0 Å². The summed E-state index contributed by atoms with van der Waals surface area (Å²) in [5.41, 5.74) is 0. The van der Waals surface area contributed by atoms with Crippen LogP contribution in [0.3, 0.4) is 0 Å². The Hall–Kier alpha value is -0.420. The van der Waals surface area contributed by atoms with Gasteiger partial charge in [0.05, 0.1) is 6.10 Å². The van der Waals surface area contributed by atoms with Crippen LogP contribution in [0.4, 0.5) is 0 Å². The average Bonchev–Trinajstić information content (AvgIpc) is 2.02. The molecular weight excluding hydrogens is 209 g/mol. The topological polar surface area (TPSA) is 84.9 Å². The highest BCUT2D eigenvalue weighted by Gasteiger charge is 2.25. The molecular formula is C7H16NO5P. The van der Waals surface area contributed by atoms with Crippen molar-refractivity contribution in [3.63, 3.8) is 0 Å². The van der Waals surface area contributed by atoms with Crippen molar-refractivity contribution in [2.24, 2.45) is 0 Å². The van der Waals surface area contributed by atoms with Gasteiger partial charge >= 0.3 is 13.7 Å². The lowest BCUT2D eigenvalue weighted by molar-refractivity contribution is -0.149. The molecule has 2 atom stereocenters. The fourth-order valence-electron chi connectivity index (χ4n) is 0.684. The summed E-state index contributed by atoms with van der Waals surface area (Å²) in [6.07, 6.45) is -0.257. The van der Waals surface area contributed by atoms with Crippen LogP contribution in [0.1, 0.15) is 20.8 Å². The zero-order valence-electron chi connectivity index (χ0n) is 8.68. The minimum atomic E-state index is -3.88. The van der Waals surface area contributed by atoms with Gasteiger partial charge in [-0.15, -0.1) is 0 Å². The lowest BCUT2D eigenvalue weighted by atomic mass is 10.4. The van der Waals surface area contributed by atoms with Crippen molar-refractivity contribution in [2.75, 3.05) is 7.11 Å². The van der Waals surface area contributed by atoms with Crippen molar-refractivity contribution in [3.05, 3.63) is 0 Å². The molecule has 14 heavy (non-hydrogen) atoms. The molecule has 0 heterocycles. The standard InChI is InChI=1S/C7H16NO5P/c1-5(2)13-7(9)6(3)8-14(10,11)12-4/h5-6H,1-4H3,(H2,8,10,11). The van der Waals surface area contributed by atoms with E-state index in [2.05, 4.69) is 9.61 Å². The maximum Gasteiger partial charge on any atom is 0.403 e. The molecule has 2 N–H and O–H groups in total. The van der Waals surface area contributed by atoms with E-state index in [-0.39, 0.29) is 6.10 Å². The minimum absolute atomic E-state index is 0.257. The summed E-state index contributed by atoms with van der Waals surface area (Å²) in [4.78, 5) is 20.2. The van der Waals surface area contributed by atoms with Crippen LogP contribution in [0, 0.1) is 0 Å². The second-order valence-corrected chi connectivity index (χ2v) is 4.70. The Morgan fingerprint density at radius 3 is 2.29 bits per heavy atom. The number of ether oxygens (including phenoxy) is 1. The van der Waals surface area contributed by atoms with Gasteiger partial charge in [-0.2, -0.15) is 0 Å². The van der Waals surface area contributed by atoms with Crippen LogP contribution in [0.25, 0.3) is 0 Å². The Bertz CT molecular complexity index is 242. The van der Waals surface area contributed by atoms with Crippen molar-refractivity contribution in [1.82, 2.24) is 5.09 Å². The Morgan fingerprint density at radius 2 is 1.93 bits per heavy atom. The van der Waals surface area contributed by atoms with Crippen LogP contribution in [-0.4, -0.2) is 30.1 Å². The molecule has 0 aliphatic heterocycles. The quantitative estimate of drug-likeness (QED) is 0.528. The van der Waals surface area contributed by atoms with E-state index in [4.69, 9.17) is 9.63 Å². The summed E-state index contributed by atoms with van der Waals surface area (Å²) in [6.45, 7) is 4.81. The van der Waals surface area contributed by atoms with Crippen molar-refractivity contribution < 1.29 is 23.5 Å². The molecule has 0 radical (unpaired) electrons. The molecule has 0 saturated heterocycles. The van der Waals surface area contributed by atoms with Crippen molar-refractivity contribution in [3.8, 4) is 0 Å². The predicted octanol–water partition coefficient (Wildman–Crippen LogP) is 0.663. The molecule has 0 saturated carbocycles. The van der Waals surface area contributed by atoms with Crippen LogP contribution in [-0.2, 0) is 18.6 Å². The monoisotopic (exact) mass is 225 g/mol. The number of carbonyl (C=O) groups is 1. The van der Waals surface area contributed by atoms with Gasteiger partial charge in [-0.3, -0.25) is 4.79 Å². The lowest BCUT2D eigenvalue weighted by Gasteiger charge is -2.17. The van der Waals surface area contributed by atoms with Crippen molar-refractivity contribution in [1.29, 1.82) is 0 Å². The fourth-order valence-corrected chi connectivity index (χ4v) is 1.38. The molecule has 7 heteroatoms.